The van der Waals surface area contributed by atoms with E-state index in [1.165, 1.54) is 50.1 Å². The van der Waals surface area contributed by atoms with Crippen molar-refractivity contribution >= 4 is 150 Å². The Balaban J connectivity index is 0.000000136. The van der Waals surface area contributed by atoms with Gasteiger partial charge in [-0.3, -0.25) is 0 Å². The third kappa shape index (κ3) is 10.7. The Hall–Kier alpha value is -13.1. The lowest BCUT2D eigenvalue weighted by Crippen LogP contribution is -2.00. The number of hydrogen-bond donors (Lipinski definition) is 0. The highest BCUT2D eigenvalue weighted by Gasteiger charge is 2.24. The minimum absolute atomic E-state index is 0.606. The van der Waals surface area contributed by atoms with Gasteiger partial charge in [0.05, 0.1) is 20.4 Å². The maximum atomic E-state index is 6.26. The summed E-state index contributed by atoms with van der Waals surface area (Å²) in [5.74, 6) is 3.75. The van der Waals surface area contributed by atoms with E-state index in [0.717, 1.165) is 131 Å². The number of aromatic nitrogens is 8. The second-order valence-corrected chi connectivity index (χ2v) is 30.2. The van der Waals surface area contributed by atoms with Crippen LogP contribution in [0.2, 0.25) is 0 Å². The number of nitrogens with zero attached hydrogens (tertiary/aromatic N) is 8. The van der Waals surface area contributed by atoms with E-state index in [1.54, 1.807) is 34.0 Å². The molecular formula is C92H52N8O2S4. The second kappa shape index (κ2) is 25.4. The zero-order chi connectivity index (χ0) is 69.8. The molecule has 0 N–H and O–H groups in total. The Kier molecular flexibility index (Phi) is 14.8. The molecule has 0 bridgehead atoms. The summed E-state index contributed by atoms with van der Waals surface area (Å²) in [5, 5.41) is 10.8. The molecule has 0 amide bonds. The monoisotopic (exact) mass is 1430 g/mol. The van der Waals surface area contributed by atoms with Crippen LogP contribution in [-0.2, 0) is 0 Å². The largest absolute Gasteiger partial charge is 0.456 e. The van der Waals surface area contributed by atoms with E-state index >= 15 is 0 Å². The van der Waals surface area contributed by atoms with E-state index in [0.29, 0.717) is 34.9 Å². The highest BCUT2D eigenvalue weighted by atomic mass is 32.1. The number of rotatable bonds is 10. The van der Waals surface area contributed by atoms with Crippen LogP contribution in [0, 0.1) is 0 Å². The topological polar surface area (TPSA) is 129 Å². The third-order valence-electron chi connectivity index (χ3n) is 19.6. The Bertz CT molecular complexity index is 7190. The van der Waals surface area contributed by atoms with Gasteiger partial charge in [0.2, 0.25) is 0 Å². The summed E-state index contributed by atoms with van der Waals surface area (Å²) in [7, 11) is 0. The van der Waals surface area contributed by atoms with Gasteiger partial charge < -0.3 is 8.83 Å². The van der Waals surface area contributed by atoms with Gasteiger partial charge in [0.25, 0.3) is 0 Å². The zero-order valence-corrected chi connectivity index (χ0v) is 59.3. The van der Waals surface area contributed by atoms with E-state index < -0.39 is 0 Å². The van der Waals surface area contributed by atoms with Gasteiger partial charge in [-0.15, -0.1) is 45.3 Å². The van der Waals surface area contributed by atoms with Crippen molar-refractivity contribution in [1.29, 1.82) is 0 Å². The minimum atomic E-state index is 0.606. The molecule has 22 rings (SSSR count). The lowest BCUT2D eigenvalue weighted by molar-refractivity contribution is 0.668. The van der Waals surface area contributed by atoms with Crippen molar-refractivity contribution in [2.45, 2.75) is 0 Å². The quantitative estimate of drug-likeness (QED) is 0.130. The normalized spacial score (nSPS) is 11.8. The standard InChI is InChI=1S/2C46H26N4OS2/c1-2-12-27(13-3-1)43-48-44(33-19-10-23-37-40(33)31-16-4-6-22-36(31)51-37)50-45(49-43)34-20-11-25-39-41(34)32-18-9-17-30(42(32)52-39)28-14-8-15-29(26-28)46-47-35-21-5-7-24-38(35)53-46;1-2-11-27(12-3-1)43-48-44(29-23-24-38-35(26-29)32-15-4-6-20-37(32)51-38)50-45(49-43)34-18-10-22-40-41(34)33-17-9-16-31(42(33)52-40)28-13-8-14-30(25-28)46-47-36-19-5-7-21-39(36)53-46/h2*1-26H. The Morgan fingerprint density at radius 3 is 1.12 bits per heavy atom. The highest BCUT2D eigenvalue weighted by molar-refractivity contribution is 7.27. The van der Waals surface area contributed by atoms with Gasteiger partial charge in [0.1, 0.15) is 32.3 Å². The molecule has 8 heterocycles. The fourth-order valence-electron chi connectivity index (χ4n) is 14.7. The maximum Gasteiger partial charge on any atom is 0.164 e. The molecule has 0 saturated heterocycles. The molecule has 0 fully saturated rings. The van der Waals surface area contributed by atoms with Crippen molar-refractivity contribution in [1.82, 2.24) is 39.9 Å². The molecule has 106 heavy (non-hydrogen) atoms. The molecule has 496 valence electrons. The molecule has 14 aromatic carbocycles. The molecule has 0 spiro atoms. The van der Waals surface area contributed by atoms with Crippen molar-refractivity contribution in [2.75, 3.05) is 0 Å². The van der Waals surface area contributed by atoms with E-state index in [-0.39, 0.29) is 0 Å². The molecule has 14 heteroatoms. The highest BCUT2D eigenvalue weighted by Crippen LogP contribution is 2.48. The Morgan fingerprint density at radius 1 is 0.198 bits per heavy atom. The van der Waals surface area contributed by atoms with Crippen LogP contribution in [0.4, 0.5) is 0 Å². The van der Waals surface area contributed by atoms with Crippen LogP contribution in [0.3, 0.4) is 0 Å². The molecule has 0 aliphatic carbocycles. The number of fused-ring (bicyclic) bond motifs is 14. The number of benzene rings is 14. The van der Waals surface area contributed by atoms with Crippen molar-refractivity contribution in [3.05, 3.63) is 315 Å². The summed E-state index contributed by atoms with van der Waals surface area (Å²) in [4.78, 5) is 40.8. The molecule has 22 aromatic rings. The first-order chi connectivity index (χ1) is 52.5. The summed E-state index contributed by atoms with van der Waals surface area (Å²) in [6, 6.07) is 109. The fraction of sp³-hybridized carbons (Fsp3) is 0. The summed E-state index contributed by atoms with van der Waals surface area (Å²) in [5.41, 5.74) is 18.0. The van der Waals surface area contributed by atoms with Gasteiger partial charge in [-0.1, -0.05) is 231 Å². The molecular weight excluding hydrogens is 1380 g/mol. The van der Waals surface area contributed by atoms with E-state index in [2.05, 4.69) is 182 Å². The van der Waals surface area contributed by atoms with Gasteiger partial charge in [-0.05, 0) is 107 Å². The van der Waals surface area contributed by atoms with Crippen molar-refractivity contribution < 1.29 is 8.83 Å². The minimum Gasteiger partial charge on any atom is -0.456 e. The van der Waals surface area contributed by atoms with Crippen LogP contribution in [0.1, 0.15) is 0 Å². The molecule has 0 atom stereocenters. The van der Waals surface area contributed by atoms with Crippen molar-refractivity contribution in [3.8, 4) is 112 Å². The van der Waals surface area contributed by atoms with Gasteiger partial charge in [0.15, 0.2) is 34.9 Å². The average Bonchev–Trinajstić information content (AvgIpc) is 1.57. The van der Waals surface area contributed by atoms with Gasteiger partial charge >= 0.3 is 0 Å². The molecule has 0 saturated carbocycles. The van der Waals surface area contributed by atoms with Gasteiger partial charge in [0, 0.05) is 106 Å². The predicted molar refractivity (Wildman–Crippen MR) is 441 cm³/mol. The fourth-order valence-corrected chi connectivity index (χ4v) is 19.1. The van der Waals surface area contributed by atoms with Crippen LogP contribution in [0.5, 0.6) is 0 Å². The SMILES string of the molecule is c1ccc(-c2nc(-c3ccc4oc5ccccc5c4c3)nc(-c3cccc4sc5c(-c6cccc(-c7nc8ccccc8s7)c6)cccc5c34)n2)cc1.c1ccc(-c2nc(-c3cccc4oc5ccccc5c34)nc(-c3cccc4sc5c(-c6cccc(-c7nc8ccccc8s7)c6)cccc5c34)n2)cc1. The van der Waals surface area contributed by atoms with Crippen molar-refractivity contribution in [3.63, 3.8) is 0 Å². The molecule has 10 nitrogen and oxygen atoms in total. The van der Waals surface area contributed by atoms with E-state index in [4.69, 9.17) is 48.7 Å². The molecule has 0 radical (unpaired) electrons. The Morgan fingerprint density at radius 2 is 0.566 bits per heavy atom. The number of para-hydroxylation sites is 4. The molecule has 0 unspecified atom stereocenters. The molecule has 0 aliphatic heterocycles. The second-order valence-electron chi connectivity index (χ2n) is 26.0. The van der Waals surface area contributed by atoms with Crippen LogP contribution in [0.25, 0.3) is 216 Å². The first kappa shape index (κ1) is 61.6. The number of hydrogen-bond acceptors (Lipinski definition) is 14. The number of thiophene rings is 2. The van der Waals surface area contributed by atoms with Gasteiger partial charge in [-0.2, -0.15) is 0 Å². The summed E-state index contributed by atoms with van der Waals surface area (Å²) in [6.45, 7) is 0. The Labute approximate surface area is 621 Å². The summed E-state index contributed by atoms with van der Waals surface area (Å²) >= 11 is 7.07. The number of thiazole rings is 2. The van der Waals surface area contributed by atoms with Crippen LogP contribution in [0.15, 0.2) is 324 Å². The number of furan rings is 2. The first-order valence-electron chi connectivity index (χ1n) is 34.8. The smallest absolute Gasteiger partial charge is 0.164 e. The van der Waals surface area contributed by atoms with Gasteiger partial charge in [-0.25, -0.2) is 39.9 Å². The van der Waals surface area contributed by atoms with E-state index in [1.807, 2.05) is 145 Å². The van der Waals surface area contributed by atoms with Crippen molar-refractivity contribution in [2.24, 2.45) is 0 Å². The van der Waals surface area contributed by atoms with E-state index in [9.17, 15) is 0 Å². The van der Waals surface area contributed by atoms with Crippen LogP contribution in [-0.4, -0.2) is 39.9 Å². The summed E-state index contributed by atoms with van der Waals surface area (Å²) < 4.78 is 19.6. The molecule has 8 aromatic heterocycles. The average molecular weight is 1430 g/mol. The third-order valence-corrected chi connectivity index (χ3v) is 24.1. The van der Waals surface area contributed by atoms with Crippen LogP contribution < -0.4 is 0 Å². The van der Waals surface area contributed by atoms with Crippen LogP contribution >= 0.6 is 45.3 Å². The lowest BCUT2D eigenvalue weighted by atomic mass is 9.99. The predicted octanol–water partition coefficient (Wildman–Crippen LogP) is 26.2. The maximum absolute atomic E-state index is 6.26. The zero-order valence-electron chi connectivity index (χ0n) is 56.0. The molecule has 0 aliphatic rings. The first-order valence-corrected chi connectivity index (χ1v) is 38.0. The lowest BCUT2D eigenvalue weighted by Gasteiger charge is -2.10. The summed E-state index contributed by atoms with van der Waals surface area (Å²) in [6.07, 6.45) is 0.